The van der Waals surface area contributed by atoms with Gasteiger partial charge in [-0.15, -0.1) is 0 Å². The summed E-state index contributed by atoms with van der Waals surface area (Å²) < 4.78 is 26.0. The molecule has 90 valence electrons. The summed E-state index contributed by atoms with van der Waals surface area (Å²) in [6.07, 6.45) is 2.55. The van der Waals surface area contributed by atoms with Crippen molar-refractivity contribution in [3.05, 3.63) is 42.1 Å². The van der Waals surface area contributed by atoms with E-state index in [1.54, 1.807) is 0 Å². The number of rotatable bonds is 2. The molecule has 0 atom stereocenters. The average Bonchev–Trinajstić information content (AvgIpc) is 2.38. The van der Waals surface area contributed by atoms with Gasteiger partial charge in [-0.1, -0.05) is 0 Å². The monoisotopic (exact) mass is 246 g/mol. The molecule has 2 aromatic rings. The third kappa shape index (κ3) is 2.46. The second kappa shape index (κ2) is 4.45. The van der Waals surface area contributed by atoms with Gasteiger partial charge in [0.15, 0.2) is 0 Å². The summed E-state index contributed by atoms with van der Waals surface area (Å²) in [6.45, 7) is 0.785. The third-order valence-electron chi connectivity index (χ3n) is 2.29. The zero-order valence-corrected chi connectivity index (χ0v) is 9.43. The van der Waals surface area contributed by atoms with Gasteiger partial charge in [-0.05, 0) is 12.1 Å². The molecule has 2 aromatic heterocycles. The third-order valence-corrected chi connectivity index (χ3v) is 2.29. The lowest BCUT2D eigenvalue weighted by Gasteiger charge is -2.09. The van der Waals surface area contributed by atoms with Crippen molar-refractivity contribution >= 4 is 0 Å². The van der Waals surface area contributed by atoms with Crippen LogP contribution in [0.4, 0.5) is 8.78 Å². The van der Waals surface area contributed by atoms with Crippen LogP contribution in [-0.2, 0) is 5.92 Å². The predicted molar refractivity (Wildman–Crippen MR) is 59.5 cm³/mol. The van der Waals surface area contributed by atoms with Gasteiger partial charge in [-0.3, -0.25) is 4.98 Å². The van der Waals surface area contributed by atoms with E-state index in [0.29, 0.717) is 11.3 Å². The molecule has 0 saturated carbocycles. The Labute approximate surface area is 102 Å². The Morgan fingerprint density at radius 3 is 2.56 bits per heavy atom. The number of hydrogen-bond acceptors (Lipinski definition) is 4. The van der Waals surface area contributed by atoms with Crippen LogP contribution in [0.25, 0.3) is 11.3 Å². The van der Waals surface area contributed by atoms with Crippen LogP contribution in [0.1, 0.15) is 18.3 Å². The lowest BCUT2D eigenvalue weighted by atomic mass is 10.1. The number of aromatic nitrogens is 3. The van der Waals surface area contributed by atoms with Gasteiger partial charge in [-0.25, -0.2) is 9.97 Å². The van der Waals surface area contributed by atoms with Crippen LogP contribution in [0.5, 0.6) is 0 Å². The molecule has 0 spiro atoms. The Kier molecular flexibility index (Phi) is 2.98. The van der Waals surface area contributed by atoms with E-state index in [9.17, 15) is 8.78 Å². The fourth-order valence-electron chi connectivity index (χ4n) is 1.38. The number of alkyl halides is 2. The summed E-state index contributed by atoms with van der Waals surface area (Å²) in [6, 6.07) is 6.08. The maximum Gasteiger partial charge on any atom is 0.286 e. The van der Waals surface area contributed by atoms with Gasteiger partial charge in [0.1, 0.15) is 23.8 Å². The second-order valence-electron chi connectivity index (χ2n) is 3.72. The highest BCUT2D eigenvalue weighted by atomic mass is 19.3. The minimum absolute atomic E-state index is 0.213. The quantitative estimate of drug-likeness (QED) is 0.816. The molecule has 4 nitrogen and oxygen atoms in total. The maximum absolute atomic E-state index is 13.0. The molecule has 2 rings (SSSR count). The van der Waals surface area contributed by atoms with E-state index in [2.05, 4.69) is 15.0 Å². The molecular formula is C12H8F2N4. The highest BCUT2D eigenvalue weighted by Gasteiger charge is 2.25. The van der Waals surface area contributed by atoms with Crippen molar-refractivity contribution in [2.45, 2.75) is 12.8 Å². The first-order chi connectivity index (χ1) is 8.50. The standard InChI is InChI=1S/C12H8F2N4/c1-12(13,14)11-3-2-8(6-16-11)10-4-9(5-15)17-7-18-10/h2-4,6-7H,1H3. The smallest absolute Gasteiger partial charge is 0.254 e. The Hall–Kier alpha value is -2.42. The van der Waals surface area contributed by atoms with Gasteiger partial charge in [0, 0.05) is 24.8 Å². The predicted octanol–water partition coefficient (Wildman–Crippen LogP) is 2.52. The Balaban J connectivity index is 2.38. The van der Waals surface area contributed by atoms with Crippen LogP contribution >= 0.6 is 0 Å². The normalized spacial score (nSPS) is 11.0. The van der Waals surface area contributed by atoms with Crippen molar-refractivity contribution in [1.29, 1.82) is 5.26 Å². The fourth-order valence-corrected chi connectivity index (χ4v) is 1.38. The molecule has 0 fully saturated rings. The largest absolute Gasteiger partial charge is 0.286 e. The topological polar surface area (TPSA) is 62.5 Å². The lowest BCUT2D eigenvalue weighted by molar-refractivity contribution is 0.0128. The molecule has 0 aliphatic heterocycles. The highest BCUT2D eigenvalue weighted by molar-refractivity contribution is 5.58. The van der Waals surface area contributed by atoms with Crippen molar-refractivity contribution in [3.8, 4) is 17.3 Å². The van der Waals surface area contributed by atoms with Gasteiger partial charge >= 0.3 is 0 Å². The molecule has 0 aliphatic carbocycles. The lowest BCUT2D eigenvalue weighted by Crippen LogP contribution is -2.09. The van der Waals surface area contributed by atoms with Crippen LogP contribution in [0.15, 0.2) is 30.7 Å². The molecule has 0 unspecified atom stereocenters. The van der Waals surface area contributed by atoms with E-state index in [-0.39, 0.29) is 11.4 Å². The molecule has 0 bridgehead atoms. The first-order valence-corrected chi connectivity index (χ1v) is 5.07. The molecule has 0 radical (unpaired) electrons. The van der Waals surface area contributed by atoms with Crippen molar-refractivity contribution in [1.82, 2.24) is 15.0 Å². The van der Waals surface area contributed by atoms with Crippen molar-refractivity contribution in [3.63, 3.8) is 0 Å². The van der Waals surface area contributed by atoms with Gasteiger partial charge in [0.25, 0.3) is 5.92 Å². The van der Waals surface area contributed by atoms with E-state index in [4.69, 9.17) is 5.26 Å². The van der Waals surface area contributed by atoms with Gasteiger partial charge in [0.2, 0.25) is 0 Å². The summed E-state index contributed by atoms with van der Waals surface area (Å²) in [5.41, 5.74) is 0.938. The Bertz CT molecular complexity index is 597. The van der Waals surface area contributed by atoms with Gasteiger partial charge in [0.05, 0.1) is 5.69 Å². The summed E-state index contributed by atoms with van der Waals surface area (Å²) in [5.74, 6) is -2.97. The van der Waals surface area contributed by atoms with Crippen LogP contribution < -0.4 is 0 Å². The number of nitriles is 1. The molecule has 0 saturated heterocycles. The molecular weight excluding hydrogens is 238 g/mol. The number of nitrogens with zero attached hydrogens (tertiary/aromatic N) is 4. The molecule has 18 heavy (non-hydrogen) atoms. The first-order valence-electron chi connectivity index (χ1n) is 5.07. The zero-order valence-electron chi connectivity index (χ0n) is 9.43. The van der Waals surface area contributed by atoms with Crippen LogP contribution in [0, 0.1) is 11.3 Å². The molecule has 0 amide bonds. The van der Waals surface area contributed by atoms with Crippen molar-refractivity contribution in [2.24, 2.45) is 0 Å². The molecule has 2 heterocycles. The minimum atomic E-state index is -2.97. The average molecular weight is 246 g/mol. The van der Waals surface area contributed by atoms with Crippen LogP contribution in [0.2, 0.25) is 0 Å². The van der Waals surface area contributed by atoms with Crippen LogP contribution in [0.3, 0.4) is 0 Å². The number of pyridine rings is 1. The Morgan fingerprint density at radius 1 is 1.22 bits per heavy atom. The minimum Gasteiger partial charge on any atom is -0.254 e. The molecule has 0 N–H and O–H groups in total. The van der Waals surface area contributed by atoms with Crippen molar-refractivity contribution in [2.75, 3.05) is 0 Å². The zero-order chi connectivity index (χ0) is 13.2. The first kappa shape index (κ1) is 12.0. The summed E-state index contributed by atoms with van der Waals surface area (Å²) in [5, 5.41) is 8.70. The molecule has 6 heteroatoms. The van der Waals surface area contributed by atoms with E-state index in [1.165, 1.54) is 30.7 Å². The SMILES string of the molecule is CC(F)(F)c1ccc(-c2cc(C#N)ncn2)cn1. The maximum atomic E-state index is 13.0. The summed E-state index contributed by atoms with van der Waals surface area (Å²) >= 11 is 0. The van der Waals surface area contributed by atoms with Gasteiger partial charge < -0.3 is 0 Å². The van der Waals surface area contributed by atoms with E-state index in [0.717, 1.165) is 6.92 Å². The fraction of sp³-hybridized carbons (Fsp3) is 0.167. The number of halogens is 2. The summed E-state index contributed by atoms with van der Waals surface area (Å²) in [7, 11) is 0. The van der Waals surface area contributed by atoms with E-state index >= 15 is 0 Å². The highest BCUT2D eigenvalue weighted by Crippen LogP contribution is 2.26. The second-order valence-corrected chi connectivity index (χ2v) is 3.72. The van der Waals surface area contributed by atoms with E-state index < -0.39 is 5.92 Å². The molecule has 0 aromatic carbocycles. The number of hydrogen-bond donors (Lipinski definition) is 0. The van der Waals surface area contributed by atoms with Crippen LogP contribution in [-0.4, -0.2) is 15.0 Å². The Morgan fingerprint density at radius 2 is 2.00 bits per heavy atom. The summed E-state index contributed by atoms with van der Waals surface area (Å²) in [4.78, 5) is 11.4. The van der Waals surface area contributed by atoms with Gasteiger partial charge in [-0.2, -0.15) is 14.0 Å². The molecule has 0 aliphatic rings. The van der Waals surface area contributed by atoms with Crippen molar-refractivity contribution < 1.29 is 8.78 Å². The van der Waals surface area contributed by atoms with E-state index in [1.807, 2.05) is 6.07 Å².